The fourth-order valence-corrected chi connectivity index (χ4v) is 1.91. The molecule has 0 spiro atoms. The fourth-order valence-electron chi connectivity index (χ4n) is 1.72. The van der Waals surface area contributed by atoms with Crippen molar-refractivity contribution in [1.29, 1.82) is 0 Å². The first-order valence-corrected chi connectivity index (χ1v) is 6.00. The Morgan fingerprint density at radius 2 is 2.11 bits per heavy atom. The molecule has 0 amide bonds. The van der Waals surface area contributed by atoms with Crippen LogP contribution in [0.5, 0.6) is 5.75 Å². The summed E-state index contributed by atoms with van der Waals surface area (Å²) in [7, 11) is 1.60. The summed E-state index contributed by atoms with van der Waals surface area (Å²) in [6.07, 6.45) is 0. The van der Waals surface area contributed by atoms with E-state index >= 15 is 0 Å². The maximum Gasteiger partial charge on any atom is 0.204 e. The number of alkyl halides is 1. The second-order valence-electron chi connectivity index (χ2n) is 3.81. The van der Waals surface area contributed by atoms with Gasteiger partial charge in [0, 0.05) is 11.8 Å². The highest BCUT2D eigenvalue weighted by Gasteiger charge is 2.10. The third-order valence-electron chi connectivity index (χ3n) is 2.62. The van der Waals surface area contributed by atoms with E-state index in [9.17, 15) is 4.79 Å². The molecule has 0 saturated carbocycles. The Bertz CT molecular complexity index is 623. The Kier molecular flexibility index (Phi) is 3.67. The van der Waals surface area contributed by atoms with Crippen molar-refractivity contribution in [3.63, 3.8) is 0 Å². The van der Waals surface area contributed by atoms with Crippen LogP contribution in [0.25, 0.3) is 5.69 Å². The van der Waals surface area contributed by atoms with Gasteiger partial charge in [-0.3, -0.25) is 4.79 Å². The Labute approximate surface area is 110 Å². The highest BCUT2D eigenvalue weighted by Crippen LogP contribution is 2.22. The third-order valence-corrected chi connectivity index (χ3v) is 2.87. The molecule has 94 valence electrons. The van der Waals surface area contributed by atoms with Crippen LogP contribution in [0.4, 0.5) is 0 Å². The minimum Gasteiger partial charge on any atom is -0.494 e. The summed E-state index contributed by atoms with van der Waals surface area (Å²) in [5, 5.41) is 4.26. The first-order chi connectivity index (χ1) is 8.67. The van der Waals surface area contributed by atoms with Crippen LogP contribution in [0.2, 0.25) is 0 Å². The van der Waals surface area contributed by atoms with Gasteiger partial charge in [-0.15, -0.1) is 11.6 Å². The zero-order valence-corrected chi connectivity index (χ0v) is 10.9. The van der Waals surface area contributed by atoms with E-state index in [2.05, 4.69) is 5.10 Å². The normalized spacial score (nSPS) is 10.4. The van der Waals surface area contributed by atoms with Gasteiger partial charge >= 0.3 is 0 Å². The highest BCUT2D eigenvalue weighted by atomic mass is 35.5. The highest BCUT2D eigenvalue weighted by molar-refractivity contribution is 6.16. The molecule has 2 rings (SSSR count). The second kappa shape index (κ2) is 5.23. The molecule has 0 unspecified atom stereocenters. The maximum atomic E-state index is 11.6. The minimum atomic E-state index is -0.145. The number of hydrogen-bond donors (Lipinski definition) is 0. The van der Waals surface area contributed by atoms with Gasteiger partial charge in [0.1, 0.15) is 17.1 Å². The zero-order chi connectivity index (χ0) is 13.1. The van der Waals surface area contributed by atoms with E-state index in [1.807, 2.05) is 31.2 Å². The quantitative estimate of drug-likeness (QED) is 0.799. The number of halogens is 1. The summed E-state index contributed by atoms with van der Waals surface area (Å²) in [5.74, 6) is 0.783. The first kappa shape index (κ1) is 12.6. The van der Waals surface area contributed by atoms with Gasteiger partial charge in [-0.2, -0.15) is 5.10 Å². The molecular formula is C13H13ClN2O2. The van der Waals surface area contributed by atoms with Crippen LogP contribution in [0.3, 0.4) is 0 Å². The first-order valence-electron chi connectivity index (χ1n) is 5.46. The van der Waals surface area contributed by atoms with Crippen molar-refractivity contribution in [2.75, 3.05) is 7.11 Å². The van der Waals surface area contributed by atoms with E-state index in [-0.39, 0.29) is 11.3 Å². The van der Waals surface area contributed by atoms with Crippen LogP contribution in [0, 0.1) is 6.92 Å². The standard InChI is InChI=1S/C13H13ClN2O2/c1-9-7-12(17)10(8-14)15-16(9)11-5-3-4-6-13(11)18-2/h3-7H,8H2,1-2H3. The Morgan fingerprint density at radius 3 is 2.78 bits per heavy atom. The molecular weight excluding hydrogens is 252 g/mol. The number of hydrogen-bond acceptors (Lipinski definition) is 3. The van der Waals surface area contributed by atoms with E-state index in [4.69, 9.17) is 16.3 Å². The number of benzene rings is 1. The fraction of sp³-hybridized carbons (Fsp3) is 0.231. The van der Waals surface area contributed by atoms with Gasteiger partial charge in [-0.25, -0.2) is 4.68 Å². The molecule has 18 heavy (non-hydrogen) atoms. The molecule has 0 saturated heterocycles. The lowest BCUT2D eigenvalue weighted by Crippen LogP contribution is -2.18. The molecule has 1 aromatic carbocycles. The summed E-state index contributed by atoms with van der Waals surface area (Å²) in [4.78, 5) is 11.6. The average molecular weight is 265 g/mol. The SMILES string of the molecule is COc1ccccc1-n1nc(CCl)c(=O)cc1C. The lowest BCUT2D eigenvalue weighted by molar-refractivity contribution is 0.411. The molecule has 0 bridgehead atoms. The smallest absolute Gasteiger partial charge is 0.204 e. The van der Waals surface area contributed by atoms with Gasteiger partial charge < -0.3 is 4.74 Å². The average Bonchev–Trinajstić information content (AvgIpc) is 2.39. The topological polar surface area (TPSA) is 44.1 Å². The van der Waals surface area contributed by atoms with E-state index < -0.39 is 0 Å². The number of rotatable bonds is 3. The molecule has 0 N–H and O–H groups in total. The number of ether oxygens (including phenoxy) is 1. The molecule has 5 heteroatoms. The van der Waals surface area contributed by atoms with Gasteiger partial charge in [0.05, 0.1) is 13.0 Å². The van der Waals surface area contributed by atoms with Crippen molar-refractivity contribution < 1.29 is 4.74 Å². The molecule has 0 aliphatic carbocycles. The molecule has 0 aliphatic heterocycles. The van der Waals surface area contributed by atoms with Gasteiger partial charge in [0.15, 0.2) is 0 Å². The maximum absolute atomic E-state index is 11.6. The number of aromatic nitrogens is 2. The summed E-state index contributed by atoms with van der Waals surface area (Å²) in [5.41, 5.74) is 1.70. The van der Waals surface area contributed by atoms with Crippen molar-refractivity contribution in [3.05, 3.63) is 51.9 Å². The van der Waals surface area contributed by atoms with Crippen molar-refractivity contribution in [2.45, 2.75) is 12.8 Å². The molecule has 0 fully saturated rings. The van der Waals surface area contributed by atoms with E-state index in [0.717, 1.165) is 11.4 Å². The lowest BCUT2D eigenvalue weighted by atomic mass is 10.2. The molecule has 1 heterocycles. The Morgan fingerprint density at radius 1 is 1.39 bits per heavy atom. The third kappa shape index (κ3) is 2.24. The number of nitrogens with zero attached hydrogens (tertiary/aromatic N) is 2. The summed E-state index contributed by atoms with van der Waals surface area (Å²) in [6, 6.07) is 9.01. The molecule has 0 aliphatic rings. The Hall–Kier alpha value is -1.81. The molecule has 4 nitrogen and oxygen atoms in total. The Balaban J connectivity index is 2.67. The van der Waals surface area contributed by atoms with Crippen LogP contribution < -0.4 is 10.2 Å². The lowest BCUT2D eigenvalue weighted by Gasteiger charge is -2.13. The largest absolute Gasteiger partial charge is 0.494 e. The van der Waals surface area contributed by atoms with Crippen molar-refractivity contribution in [2.24, 2.45) is 0 Å². The predicted octanol–water partition coefficient (Wildman–Crippen LogP) is 2.29. The van der Waals surface area contributed by atoms with E-state index in [1.165, 1.54) is 6.07 Å². The van der Waals surface area contributed by atoms with Gasteiger partial charge in [0.25, 0.3) is 0 Å². The van der Waals surface area contributed by atoms with Crippen LogP contribution >= 0.6 is 11.6 Å². The van der Waals surface area contributed by atoms with Gasteiger partial charge in [0.2, 0.25) is 5.43 Å². The van der Waals surface area contributed by atoms with E-state index in [0.29, 0.717) is 11.4 Å². The minimum absolute atomic E-state index is 0.0915. The monoisotopic (exact) mass is 264 g/mol. The van der Waals surface area contributed by atoms with Crippen LogP contribution in [-0.2, 0) is 5.88 Å². The zero-order valence-electron chi connectivity index (χ0n) is 10.2. The predicted molar refractivity (Wildman–Crippen MR) is 70.7 cm³/mol. The van der Waals surface area contributed by atoms with Crippen molar-refractivity contribution in [1.82, 2.24) is 9.78 Å². The summed E-state index contributed by atoms with van der Waals surface area (Å²) in [6.45, 7) is 1.82. The summed E-state index contributed by atoms with van der Waals surface area (Å²) >= 11 is 5.71. The number of aryl methyl sites for hydroxylation is 1. The van der Waals surface area contributed by atoms with Gasteiger partial charge in [-0.1, -0.05) is 12.1 Å². The summed E-state index contributed by atoms with van der Waals surface area (Å²) < 4.78 is 6.95. The number of methoxy groups -OCH3 is 1. The molecule has 1 aromatic heterocycles. The van der Waals surface area contributed by atoms with Crippen molar-refractivity contribution >= 4 is 11.6 Å². The second-order valence-corrected chi connectivity index (χ2v) is 4.08. The number of para-hydroxylation sites is 2. The molecule has 2 aromatic rings. The van der Waals surface area contributed by atoms with Crippen molar-refractivity contribution in [3.8, 4) is 11.4 Å². The molecule has 0 radical (unpaired) electrons. The van der Waals surface area contributed by atoms with Gasteiger partial charge in [-0.05, 0) is 19.1 Å². The van der Waals surface area contributed by atoms with E-state index in [1.54, 1.807) is 11.8 Å². The molecule has 0 atom stereocenters. The van der Waals surface area contributed by atoms with Crippen LogP contribution in [0.15, 0.2) is 35.1 Å². The van der Waals surface area contributed by atoms with Crippen LogP contribution in [-0.4, -0.2) is 16.9 Å². The van der Waals surface area contributed by atoms with Crippen LogP contribution in [0.1, 0.15) is 11.4 Å².